The lowest BCUT2D eigenvalue weighted by Gasteiger charge is -2.25. The van der Waals surface area contributed by atoms with Gasteiger partial charge in [0.1, 0.15) is 5.75 Å². The van der Waals surface area contributed by atoms with Crippen molar-refractivity contribution in [2.75, 3.05) is 0 Å². The molecule has 0 aromatic heterocycles. The van der Waals surface area contributed by atoms with Gasteiger partial charge in [0.25, 0.3) is 0 Å². The van der Waals surface area contributed by atoms with Gasteiger partial charge in [-0.05, 0) is 42.8 Å². The fourth-order valence-electron chi connectivity index (χ4n) is 2.00. The molecule has 26 heavy (non-hydrogen) atoms. The monoisotopic (exact) mass is 411 g/mol. The van der Waals surface area contributed by atoms with Crippen molar-refractivity contribution in [1.29, 1.82) is 0 Å². The Morgan fingerprint density at radius 3 is 2.19 bits per heavy atom. The van der Waals surface area contributed by atoms with Gasteiger partial charge >= 0.3 is 0 Å². The fraction of sp³-hybridized carbons (Fsp3) is 0.158. The number of hydrogen-bond acceptors (Lipinski definition) is 3. The summed E-state index contributed by atoms with van der Waals surface area (Å²) < 4.78 is 3.67. The Kier molecular flexibility index (Phi) is 7.09. The first-order valence-corrected chi connectivity index (χ1v) is 8.77. The predicted molar refractivity (Wildman–Crippen MR) is 105 cm³/mol. The number of alkyl halides is 3. The first-order valence-electron chi connectivity index (χ1n) is 7.64. The molecule has 2 rings (SSSR count). The molecule has 7 heteroatoms. The number of nitrogens with one attached hydrogen (secondary N) is 1. The summed E-state index contributed by atoms with van der Waals surface area (Å²) in [5.74, 6) is -0.210. The lowest BCUT2D eigenvalue weighted by Crippen LogP contribution is -2.47. The summed E-state index contributed by atoms with van der Waals surface area (Å²) in [6.45, 7) is 1.46. The highest BCUT2D eigenvalue weighted by molar-refractivity contribution is 6.68. The van der Waals surface area contributed by atoms with E-state index >= 15 is 0 Å². The number of amides is 1. The number of carbonyl (C=O) groups is 2. The summed E-state index contributed by atoms with van der Waals surface area (Å²) in [5, 5.41) is 2.50. The van der Waals surface area contributed by atoms with Crippen molar-refractivity contribution in [3.8, 4) is 5.75 Å². The number of carbonyl (C=O) groups excluding carboxylic acids is 2. The van der Waals surface area contributed by atoms with Crippen LogP contribution in [0, 0.1) is 0 Å². The highest BCUT2D eigenvalue weighted by Crippen LogP contribution is 2.32. The second-order valence-electron chi connectivity index (χ2n) is 5.37. The maximum atomic E-state index is 12.1. The van der Waals surface area contributed by atoms with Gasteiger partial charge in [-0.15, -0.1) is 0 Å². The van der Waals surface area contributed by atoms with E-state index in [0.717, 1.165) is 5.56 Å². The van der Waals surface area contributed by atoms with Crippen LogP contribution in [-0.2, 0) is 4.79 Å². The number of hydrogen-bond donors (Lipinski definition) is 1. The van der Waals surface area contributed by atoms with Crippen LogP contribution in [0.25, 0.3) is 6.08 Å². The van der Waals surface area contributed by atoms with E-state index in [-0.39, 0.29) is 5.78 Å². The van der Waals surface area contributed by atoms with Crippen molar-refractivity contribution in [2.24, 2.45) is 0 Å². The summed E-state index contributed by atoms with van der Waals surface area (Å²) in [6, 6.07) is 15.6. The Morgan fingerprint density at radius 1 is 1.04 bits per heavy atom. The number of rotatable bonds is 6. The molecule has 2 aromatic rings. The molecule has 0 aliphatic rings. The van der Waals surface area contributed by atoms with E-state index < -0.39 is 15.9 Å². The van der Waals surface area contributed by atoms with Gasteiger partial charge in [-0.25, -0.2) is 0 Å². The molecule has 0 aliphatic carbocycles. The predicted octanol–water partition coefficient (Wildman–Crippen LogP) is 4.79. The maximum Gasteiger partial charge on any atom is 0.246 e. The van der Waals surface area contributed by atoms with Gasteiger partial charge in [-0.3, -0.25) is 9.59 Å². The van der Waals surface area contributed by atoms with Gasteiger partial charge in [0.05, 0.1) is 0 Å². The fourth-order valence-corrected chi connectivity index (χ4v) is 2.29. The smallest absolute Gasteiger partial charge is 0.246 e. The summed E-state index contributed by atoms with van der Waals surface area (Å²) >= 11 is 17.7. The summed E-state index contributed by atoms with van der Waals surface area (Å²) in [6.07, 6.45) is 1.73. The Morgan fingerprint density at radius 2 is 1.65 bits per heavy atom. The van der Waals surface area contributed by atoms with Crippen molar-refractivity contribution in [2.45, 2.75) is 16.9 Å². The second kappa shape index (κ2) is 9.08. The summed E-state index contributed by atoms with van der Waals surface area (Å²) in [5.41, 5.74) is 1.38. The molecule has 0 saturated heterocycles. The Hall–Kier alpha value is -2.01. The second-order valence-corrected chi connectivity index (χ2v) is 7.74. The van der Waals surface area contributed by atoms with Gasteiger partial charge in [0.15, 0.2) is 5.78 Å². The van der Waals surface area contributed by atoms with Crippen LogP contribution >= 0.6 is 34.8 Å². The molecule has 1 atom stereocenters. The molecule has 0 aliphatic heterocycles. The van der Waals surface area contributed by atoms with E-state index in [9.17, 15) is 9.59 Å². The van der Waals surface area contributed by atoms with Gasteiger partial charge in [0, 0.05) is 11.6 Å². The zero-order valence-electron chi connectivity index (χ0n) is 13.8. The number of benzene rings is 2. The van der Waals surface area contributed by atoms with E-state index in [0.29, 0.717) is 11.3 Å². The van der Waals surface area contributed by atoms with Crippen LogP contribution in [0.2, 0.25) is 0 Å². The highest BCUT2D eigenvalue weighted by atomic mass is 35.6. The van der Waals surface area contributed by atoms with Crippen molar-refractivity contribution in [3.63, 3.8) is 0 Å². The minimum absolute atomic E-state index is 0.0752. The summed E-state index contributed by atoms with van der Waals surface area (Å²) in [4.78, 5) is 23.4. The van der Waals surface area contributed by atoms with Crippen molar-refractivity contribution in [3.05, 3.63) is 71.8 Å². The van der Waals surface area contributed by atoms with Gasteiger partial charge in [-0.1, -0.05) is 65.1 Å². The molecule has 0 bridgehead atoms. The quantitative estimate of drug-likeness (QED) is 0.321. The van der Waals surface area contributed by atoms with Gasteiger partial charge in [0.2, 0.25) is 15.9 Å². The molecule has 1 N–H and O–H groups in total. The van der Waals surface area contributed by atoms with Crippen molar-refractivity contribution < 1.29 is 14.3 Å². The molecule has 4 nitrogen and oxygen atoms in total. The highest BCUT2D eigenvalue weighted by Gasteiger charge is 2.35. The number of Topliss-reactive ketones (excluding diaryl/α,β-unsaturated/α-hetero) is 1. The molecular weight excluding hydrogens is 397 g/mol. The summed E-state index contributed by atoms with van der Waals surface area (Å²) in [7, 11) is 0. The normalized spacial score (nSPS) is 12.6. The minimum atomic E-state index is -1.89. The first-order chi connectivity index (χ1) is 12.3. The Labute approximate surface area is 166 Å². The topological polar surface area (TPSA) is 55.4 Å². The Bertz CT molecular complexity index is 784. The van der Waals surface area contributed by atoms with Crippen molar-refractivity contribution >= 4 is 52.6 Å². The molecule has 0 heterocycles. The van der Waals surface area contributed by atoms with Crippen LogP contribution in [-0.4, -0.2) is 21.7 Å². The molecule has 0 radical (unpaired) electrons. The molecule has 1 amide bonds. The molecule has 0 unspecified atom stereocenters. The van der Waals surface area contributed by atoms with Crippen LogP contribution in [0.4, 0.5) is 0 Å². The SMILES string of the molecule is CC(=O)c1ccc(O[C@H](NC(=O)/C=C/c2ccccc2)C(Cl)(Cl)Cl)cc1. The third kappa shape index (κ3) is 6.37. The molecule has 0 saturated carbocycles. The number of ketones is 1. The van der Waals surface area contributed by atoms with Crippen LogP contribution < -0.4 is 10.1 Å². The standard InChI is InChI=1S/C19H16Cl3NO3/c1-13(24)15-8-10-16(11-9-15)26-18(19(20,21)22)23-17(25)12-7-14-5-3-2-4-6-14/h2-12,18H,1H3,(H,23,25)/b12-7+/t18-/m0/s1. The Balaban J connectivity index is 2.06. The zero-order valence-corrected chi connectivity index (χ0v) is 16.1. The van der Waals surface area contributed by atoms with Crippen LogP contribution in [0.15, 0.2) is 60.7 Å². The van der Waals surface area contributed by atoms with E-state index in [1.807, 2.05) is 30.3 Å². The third-order valence-electron chi connectivity index (χ3n) is 3.31. The van der Waals surface area contributed by atoms with Crippen molar-refractivity contribution in [1.82, 2.24) is 5.32 Å². The number of ether oxygens (including phenoxy) is 1. The number of halogens is 3. The van der Waals surface area contributed by atoms with E-state index in [2.05, 4.69) is 5.32 Å². The third-order valence-corrected chi connectivity index (χ3v) is 3.91. The van der Waals surface area contributed by atoms with Crippen LogP contribution in [0.5, 0.6) is 5.75 Å². The molecular formula is C19H16Cl3NO3. The zero-order chi connectivity index (χ0) is 19.2. The minimum Gasteiger partial charge on any atom is -0.466 e. The van der Waals surface area contributed by atoms with Crippen LogP contribution in [0.1, 0.15) is 22.8 Å². The molecule has 0 spiro atoms. The van der Waals surface area contributed by atoms with Gasteiger partial charge < -0.3 is 10.1 Å². The molecule has 0 fully saturated rings. The lowest BCUT2D eigenvalue weighted by molar-refractivity contribution is -0.118. The van der Waals surface area contributed by atoms with E-state index in [1.165, 1.54) is 13.0 Å². The molecule has 136 valence electrons. The average molecular weight is 413 g/mol. The first kappa shape index (κ1) is 20.3. The maximum absolute atomic E-state index is 12.1. The lowest BCUT2D eigenvalue weighted by atomic mass is 10.1. The van der Waals surface area contributed by atoms with Crippen LogP contribution in [0.3, 0.4) is 0 Å². The largest absolute Gasteiger partial charge is 0.466 e. The van der Waals surface area contributed by atoms with Gasteiger partial charge in [-0.2, -0.15) is 0 Å². The van der Waals surface area contributed by atoms with E-state index in [4.69, 9.17) is 39.5 Å². The molecule has 2 aromatic carbocycles. The average Bonchev–Trinajstić information content (AvgIpc) is 2.60. The van der Waals surface area contributed by atoms with E-state index in [1.54, 1.807) is 30.3 Å².